The smallest absolute Gasteiger partial charge is 0.307 e. The van der Waals surface area contributed by atoms with Gasteiger partial charge in [0.15, 0.2) is 0 Å². The van der Waals surface area contributed by atoms with Crippen LogP contribution in [0.5, 0.6) is 0 Å². The van der Waals surface area contributed by atoms with Gasteiger partial charge in [-0.3, -0.25) is 14.5 Å². The first-order valence-electron chi connectivity index (χ1n) is 10.1. The van der Waals surface area contributed by atoms with Crippen molar-refractivity contribution in [2.75, 3.05) is 32.7 Å². The number of nitrogens with zero attached hydrogens (tertiary/aromatic N) is 2. The van der Waals surface area contributed by atoms with Crippen molar-refractivity contribution >= 4 is 11.9 Å². The Balaban J connectivity index is 1.33. The minimum atomic E-state index is -0.811. The largest absolute Gasteiger partial charge is 0.481 e. The standard InChI is InChI=1S/C22H28N2O3/c25-21(19-17-6-8-18(9-7-17)20(19)22(26)27)24-14-12-23(13-15-24)11-10-16-4-2-1-3-5-16/h1-6,8,17-20H,7,9-15H2,(H,26,27)/t17-,18-,19-,20-/m0/s1. The lowest BCUT2D eigenvalue weighted by atomic mass is 9.62. The predicted molar refractivity (Wildman–Crippen MR) is 103 cm³/mol. The highest BCUT2D eigenvalue weighted by Gasteiger charge is 2.49. The van der Waals surface area contributed by atoms with E-state index in [1.54, 1.807) is 0 Å². The normalized spacial score (nSPS) is 30.4. The van der Waals surface area contributed by atoms with Crippen molar-refractivity contribution in [2.45, 2.75) is 19.3 Å². The van der Waals surface area contributed by atoms with Crippen molar-refractivity contribution in [3.8, 4) is 0 Å². The zero-order valence-corrected chi connectivity index (χ0v) is 15.7. The third-order valence-corrected chi connectivity index (χ3v) is 6.56. The number of carbonyl (C=O) groups excluding carboxylic acids is 1. The fraction of sp³-hybridized carbons (Fsp3) is 0.545. The highest BCUT2D eigenvalue weighted by Crippen LogP contribution is 2.45. The molecular weight excluding hydrogens is 340 g/mol. The third kappa shape index (κ3) is 3.79. The van der Waals surface area contributed by atoms with Crippen LogP contribution in [0.3, 0.4) is 0 Å². The molecule has 5 heteroatoms. The summed E-state index contributed by atoms with van der Waals surface area (Å²) in [7, 11) is 0. The number of carboxylic acids is 1. The number of hydrogen-bond acceptors (Lipinski definition) is 3. The van der Waals surface area contributed by atoms with Crippen molar-refractivity contribution in [1.29, 1.82) is 0 Å². The predicted octanol–water partition coefficient (Wildman–Crippen LogP) is 2.29. The molecule has 5 rings (SSSR count). The molecule has 1 saturated heterocycles. The molecule has 0 aromatic heterocycles. The molecule has 5 nitrogen and oxygen atoms in total. The Hall–Kier alpha value is -2.14. The summed E-state index contributed by atoms with van der Waals surface area (Å²) < 4.78 is 0. The Kier molecular flexibility index (Phi) is 5.30. The molecule has 1 aromatic carbocycles. The summed E-state index contributed by atoms with van der Waals surface area (Å²) in [5.41, 5.74) is 1.34. The number of fused-ring (bicyclic) bond motifs is 2. The number of piperazine rings is 1. The summed E-state index contributed by atoms with van der Waals surface area (Å²) in [6, 6.07) is 10.5. The van der Waals surface area contributed by atoms with Crippen LogP contribution in [0, 0.1) is 23.7 Å². The van der Waals surface area contributed by atoms with E-state index in [9.17, 15) is 14.7 Å². The van der Waals surface area contributed by atoms with Crippen LogP contribution in [0.25, 0.3) is 0 Å². The molecule has 3 aliphatic carbocycles. The number of benzene rings is 1. The van der Waals surface area contributed by atoms with Gasteiger partial charge in [0.05, 0.1) is 11.8 Å². The van der Waals surface area contributed by atoms with Crippen LogP contribution < -0.4 is 0 Å². The summed E-state index contributed by atoms with van der Waals surface area (Å²) in [6.45, 7) is 4.15. The van der Waals surface area contributed by atoms with E-state index in [2.05, 4.69) is 35.2 Å². The van der Waals surface area contributed by atoms with Crippen molar-refractivity contribution in [3.05, 3.63) is 48.0 Å². The van der Waals surface area contributed by atoms with Crippen LogP contribution in [0.15, 0.2) is 42.5 Å². The molecule has 2 fully saturated rings. The van der Waals surface area contributed by atoms with Gasteiger partial charge >= 0.3 is 5.97 Å². The number of carboxylic acid groups (broad SMARTS) is 1. The molecule has 1 amide bonds. The van der Waals surface area contributed by atoms with Crippen LogP contribution >= 0.6 is 0 Å². The maximum absolute atomic E-state index is 13.2. The summed E-state index contributed by atoms with van der Waals surface area (Å²) in [5, 5.41) is 9.69. The highest BCUT2D eigenvalue weighted by atomic mass is 16.4. The van der Waals surface area contributed by atoms with Crippen LogP contribution in [-0.4, -0.2) is 59.5 Å². The first-order chi connectivity index (χ1) is 13.1. The molecule has 2 bridgehead atoms. The molecule has 0 spiro atoms. The number of hydrogen-bond donors (Lipinski definition) is 1. The maximum Gasteiger partial charge on any atom is 0.307 e. The highest BCUT2D eigenvalue weighted by molar-refractivity contribution is 5.86. The molecule has 0 unspecified atom stereocenters. The van der Waals surface area contributed by atoms with Gasteiger partial charge in [0.25, 0.3) is 0 Å². The monoisotopic (exact) mass is 368 g/mol. The third-order valence-electron chi connectivity index (χ3n) is 6.56. The molecule has 0 radical (unpaired) electrons. The topological polar surface area (TPSA) is 60.9 Å². The molecule has 1 aromatic rings. The van der Waals surface area contributed by atoms with Crippen molar-refractivity contribution in [2.24, 2.45) is 23.7 Å². The molecular formula is C22H28N2O3. The Labute approximate surface area is 160 Å². The van der Waals surface area contributed by atoms with Crippen molar-refractivity contribution in [3.63, 3.8) is 0 Å². The van der Waals surface area contributed by atoms with Crippen LogP contribution in [0.1, 0.15) is 18.4 Å². The van der Waals surface area contributed by atoms with Gasteiger partial charge in [0, 0.05) is 32.7 Å². The molecule has 1 saturated carbocycles. The Morgan fingerprint density at radius 3 is 2.15 bits per heavy atom. The minimum absolute atomic E-state index is 0.0219. The number of amides is 1. The Morgan fingerprint density at radius 2 is 1.56 bits per heavy atom. The van der Waals surface area contributed by atoms with Gasteiger partial charge in [0.1, 0.15) is 0 Å². The number of allylic oxidation sites excluding steroid dienone is 2. The van der Waals surface area contributed by atoms with E-state index in [1.165, 1.54) is 5.56 Å². The maximum atomic E-state index is 13.2. The second kappa shape index (κ2) is 7.85. The lowest BCUT2D eigenvalue weighted by Crippen LogP contribution is -2.55. The first kappa shape index (κ1) is 18.2. The summed E-state index contributed by atoms with van der Waals surface area (Å²) in [4.78, 5) is 29.3. The van der Waals surface area contributed by atoms with Crippen LogP contribution in [-0.2, 0) is 16.0 Å². The second-order valence-corrected chi connectivity index (χ2v) is 8.08. The van der Waals surface area contributed by atoms with E-state index in [0.717, 1.165) is 38.9 Å². The van der Waals surface area contributed by atoms with E-state index in [4.69, 9.17) is 0 Å². The van der Waals surface area contributed by atoms with E-state index in [0.29, 0.717) is 13.1 Å². The molecule has 4 aliphatic rings. The molecule has 27 heavy (non-hydrogen) atoms. The lowest BCUT2D eigenvalue weighted by Gasteiger charge is -2.45. The van der Waals surface area contributed by atoms with E-state index in [-0.39, 0.29) is 23.7 Å². The van der Waals surface area contributed by atoms with Crippen molar-refractivity contribution in [1.82, 2.24) is 9.80 Å². The molecule has 144 valence electrons. The SMILES string of the molecule is O=C(O)[C@@H]1[C@@H](C(=O)N2CCN(CCc3ccccc3)CC2)[C@H]2C=C[C@H]1CC2. The van der Waals surface area contributed by atoms with Gasteiger partial charge in [-0.05, 0) is 36.7 Å². The Morgan fingerprint density at radius 1 is 0.926 bits per heavy atom. The van der Waals surface area contributed by atoms with Gasteiger partial charge in [-0.25, -0.2) is 0 Å². The second-order valence-electron chi connectivity index (χ2n) is 8.08. The van der Waals surface area contributed by atoms with Crippen LogP contribution in [0.4, 0.5) is 0 Å². The summed E-state index contributed by atoms with van der Waals surface area (Å²) >= 11 is 0. The minimum Gasteiger partial charge on any atom is -0.481 e. The molecule has 1 heterocycles. The molecule has 1 N–H and O–H groups in total. The first-order valence-corrected chi connectivity index (χ1v) is 10.1. The number of carbonyl (C=O) groups is 2. The fourth-order valence-electron chi connectivity index (χ4n) is 5.00. The zero-order chi connectivity index (χ0) is 18.8. The van der Waals surface area contributed by atoms with Crippen molar-refractivity contribution < 1.29 is 14.7 Å². The molecule has 4 atom stereocenters. The Bertz CT molecular complexity index is 710. The van der Waals surface area contributed by atoms with Crippen LogP contribution in [0.2, 0.25) is 0 Å². The quantitative estimate of drug-likeness (QED) is 0.810. The number of rotatable bonds is 5. The summed E-state index contributed by atoms with van der Waals surface area (Å²) in [5.74, 6) is -1.55. The summed E-state index contributed by atoms with van der Waals surface area (Å²) in [6.07, 6.45) is 6.98. The van der Waals surface area contributed by atoms with E-state index in [1.807, 2.05) is 17.0 Å². The average molecular weight is 368 g/mol. The number of aliphatic carboxylic acids is 1. The average Bonchev–Trinajstić information content (AvgIpc) is 2.73. The van der Waals surface area contributed by atoms with Gasteiger partial charge in [-0.1, -0.05) is 42.5 Å². The van der Waals surface area contributed by atoms with Gasteiger partial charge in [0.2, 0.25) is 5.91 Å². The lowest BCUT2D eigenvalue weighted by molar-refractivity contribution is -0.157. The van der Waals surface area contributed by atoms with Gasteiger partial charge < -0.3 is 10.0 Å². The molecule has 1 aliphatic heterocycles. The zero-order valence-electron chi connectivity index (χ0n) is 15.7. The fourth-order valence-corrected chi connectivity index (χ4v) is 5.00. The van der Waals surface area contributed by atoms with E-state index < -0.39 is 11.9 Å². The van der Waals surface area contributed by atoms with Gasteiger partial charge in [-0.15, -0.1) is 0 Å². The van der Waals surface area contributed by atoms with Gasteiger partial charge in [-0.2, -0.15) is 0 Å². The van der Waals surface area contributed by atoms with E-state index >= 15 is 0 Å².